The summed E-state index contributed by atoms with van der Waals surface area (Å²) in [4.78, 5) is 24.8. The smallest absolute Gasteiger partial charge is 0.416 e. The number of alkyl halides is 3. The van der Waals surface area contributed by atoms with Gasteiger partial charge in [0, 0.05) is 6.42 Å². The van der Waals surface area contributed by atoms with Crippen molar-refractivity contribution in [3.63, 3.8) is 0 Å². The summed E-state index contributed by atoms with van der Waals surface area (Å²) in [7, 11) is 0. The van der Waals surface area contributed by atoms with Crippen LogP contribution in [0.15, 0.2) is 97.1 Å². The number of carbonyl (C=O) groups excluding carboxylic acids is 1. The van der Waals surface area contributed by atoms with Crippen LogP contribution in [0.25, 0.3) is 22.3 Å². The predicted octanol–water partition coefficient (Wildman–Crippen LogP) is 6.17. The monoisotopic (exact) mass is 505 g/mol. The summed E-state index contributed by atoms with van der Waals surface area (Å²) in [6.45, 7) is 0. The minimum atomic E-state index is -4.48. The first-order chi connectivity index (χ1) is 17.6. The fraction of sp³-hybridized carbons (Fsp3) is 0.103. The van der Waals surface area contributed by atoms with E-state index in [1.54, 1.807) is 12.1 Å². The summed E-state index contributed by atoms with van der Waals surface area (Å²) in [6.07, 6.45) is -4.47. The quantitative estimate of drug-likeness (QED) is 0.280. The first kappa shape index (κ1) is 25.5. The molecule has 0 heterocycles. The van der Waals surface area contributed by atoms with Crippen LogP contribution in [0.5, 0.6) is 5.75 Å². The fourth-order valence-electron chi connectivity index (χ4n) is 3.88. The molecular formula is C29H22F3NO4. The molecule has 188 valence electrons. The second kappa shape index (κ2) is 10.6. The number of carboxylic acids is 1. The largest absolute Gasteiger partial charge is 0.507 e. The second-order valence-corrected chi connectivity index (χ2v) is 8.44. The van der Waals surface area contributed by atoms with Crippen LogP contribution in [0.4, 0.5) is 13.2 Å². The van der Waals surface area contributed by atoms with Crippen molar-refractivity contribution in [2.75, 3.05) is 0 Å². The SMILES string of the molecule is O=C(NC(Cc1ccc(-c2ccccc2)cc1)C(=O)O)c1cc(-c2ccc(C(F)(F)F)cc2)ccc1O. The Bertz CT molecular complexity index is 1400. The number of hydrogen-bond acceptors (Lipinski definition) is 3. The number of benzene rings is 4. The molecule has 4 rings (SSSR count). The Hall–Kier alpha value is -4.59. The number of phenolic OH excluding ortho intramolecular Hbond substituents is 1. The lowest BCUT2D eigenvalue weighted by atomic mass is 9.99. The number of nitrogens with one attached hydrogen (secondary N) is 1. The maximum absolute atomic E-state index is 12.9. The number of rotatable bonds is 7. The fourth-order valence-corrected chi connectivity index (χ4v) is 3.88. The Kier molecular flexibility index (Phi) is 7.29. The summed E-state index contributed by atoms with van der Waals surface area (Å²) in [5, 5.41) is 22.3. The van der Waals surface area contributed by atoms with Gasteiger partial charge in [0.2, 0.25) is 0 Å². The zero-order chi connectivity index (χ0) is 26.6. The Morgan fingerprint density at radius 2 is 1.30 bits per heavy atom. The third-order valence-corrected chi connectivity index (χ3v) is 5.89. The minimum absolute atomic E-state index is 0.00942. The van der Waals surface area contributed by atoms with Crippen molar-refractivity contribution in [2.24, 2.45) is 0 Å². The predicted molar refractivity (Wildman–Crippen MR) is 133 cm³/mol. The van der Waals surface area contributed by atoms with E-state index >= 15 is 0 Å². The van der Waals surface area contributed by atoms with E-state index in [2.05, 4.69) is 5.32 Å². The molecule has 0 spiro atoms. The van der Waals surface area contributed by atoms with Crippen molar-refractivity contribution in [2.45, 2.75) is 18.6 Å². The van der Waals surface area contributed by atoms with E-state index < -0.39 is 29.7 Å². The number of phenols is 1. The van der Waals surface area contributed by atoms with Gasteiger partial charge in [0.25, 0.3) is 5.91 Å². The van der Waals surface area contributed by atoms with Crippen LogP contribution in [0.2, 0.25) is 0 Å². The molecule has 4 aromatic rings. The molecule has 0 aliphatic heterocycles. The highest BCUT2D eigenvalue weighted by Gasteiger charge is 2.30. The van der Waals surface area contributed by atoms with E-state index in [-0.39, 0.29) is 17.7 Å². The molecule has 0 radical (unpaired) electrons. The second-order valence-electron chi connectivity index (χ2n) is 8.44. The van der Waals surface area contributed by atoms with Crippen LogP contribution >= 0.6 is 0 Å². The topological polar surface area (TPSA) is 86.6 Å². The third kappa shape index (κ3) is 6.16. The van der Waals surface area contributed by atoms with Gasteiger partial charge in [0.15, 0.2) is 0 Å². The van der Waals surface area contributed by atoms with Gasteiger partial charge in [0.1, 0.15) is 11.8 Å². The normalized spacial score (nSPS) is 12.1. The number of carbonyl (C=O) groups is 2. The highest BCUT2D eigenvalue weighted by Crippen LogP contribution is 2.32. The number of halogens is 3. The summed E-state index contributed by atoms with van der Waals surface area (Å²) >= 11 is 0. The number of aliphatic carboxylic acids is 1. The molecular weight excluding hydrogens is 483 g/mol. The Morgan fingerprint density at radius 3 is 1.89 bits per heavy atom. The molecule has 37 heavy (non-hydrogen) atoms. The highest BCUT2D eigenvalue weighted by molar-refractivity contribution is 6.00. The van der Waals surface area contributed by atoms with Crippen molar-refractivity contribution in [1.82, 2.24) is 5.32 Å². The van der Waals surface area contributed by atoms with Crippen molar-refractivity contribution in [3.8, 4) is 28.0 Å². The number of aromatic hydroxyl groups is 1. The van der Waals surface area contributed by atoms with Gasteiger partial charge in [-0.1, -0.05) is 72.8 Å². The van der Waals surface area contributed by atoms with Gasteiger partial charge in [-0.25, -0.2) is 4.79 Å². The lowest BCUT2D eigenvalue weighted by Gasteiger charge is -2.16. The summed E-state index contributed by atoms with van der Waals surface area (Å²) in [6, 6.07) is 24.1. The van der Waals surface area contributed by atoms with E-state index in [0.29, 0.717) is 16.7 Å². The van der Waals surface area contributed by atoms with E-state index in [0.717, 1.165) is 23.3 Å². The minimum Gasteiger partial charge on any atom is -0.507 e. The van der Waals surface area contributed by atoms with Crippen LogP contribution in [0, 0.1) is 0 Å². The molecule has 0 aliphatic carbocycles. The molecule has 1 amide bonds. The molecule has 1 atom stereocenters. The zero-order valence-electron chi connectivity index (χ0n) is 19.4. The summed E-state index contributed by atoms with van der Waals surface area (Å²) in [5.74, 6) is -2.46. The first-order valence-corrected chi connectivity index (χ1v) is 11.3. The molecule has 5 nitrogen and oxygen atoms in total. The average molecular weight is 505 g/mol. The Morgan fingerprint density at radius 1 is 0.757 bits per heavy atom. The van der Waals surface area contributed by atoms with Gasteiger partial charge in [-0.15, -0.1) is 0 Å². The molecule has 3 N–H and O–H groups in total. The van der Waals surface area contributed by atoms with Gasteiger partial charge in [0.05, 0.1) is 11.1 Å². The molecule has 4 aromatic carbocycles. The van der Waals surface area contributed by atoms with Crippen molar-refractivity contribution in [3.05, 3.63) is 114 Å². The lowest BCUT2D eigenvalue weighted by molar-refractivity contribution is -0.139. The van der Waals surface area contributed by atoms with Crippen LogP contribution in [-0.4, -0.2) is 28.1 Å². The number of carboxylic acid groups (broad SMARTS) is 1. The number of amides is 1. The standard InChI is InChI=1S/C29H22F3NO4/c30-29(31,32)23-13-10-21(11-14-23)22-12-15-26(34)24(17-22)27(35)33-25(28(36)37)16-18-6-8-20(9-7-18)19-4-2-1-3-5-19/h1-15,17,25,34H,16H2,(H,33,35)(H,36,37). The summed E-state index contributed by atoms with van der Waals surface area (Å²) < 4.78 is 38.6. The van der Waals surface area contributed by atoms with Gasteiger partial charge in [-0.05, 0) is 52.1 Å². The van der Waals surface area contributed by atoms with Crippen LogP contribution in [0.3, 0.4) is 0 Å². The van der Waals surface area contributed by atoms with Gasteiger partial charge >= 0.3 is 12.1 Å². The van der Waals surface area contributed by atoms with E-state index in [9.17, 15) is 33.0 Å². The molecule has 0 fully saturated rings. The lowest BCUT2D eigenvalue weighted by Crippen LogP contribution is -2.42. The maximum atomic E-state index is 12.9. The molecule has 0 saturated heterocycles. The Labute approximate surface area is 210 Å². The molecule has 0 bridgehead atoms. The molecule has 8 heteroatoms. The molecule has 0 saturated carbocycles. The van der Waals surface area contributed by atoms with E-state index in [1.165, 1.54) is 30.3 Å². The maximum Gasteiger partial charge on any atom is 0.416 e. The van der Waals surface area contributed by atoms with Gasteiger partial charge < -0.3 is 15.5 Å². The highest BCUT2D eigenvalue weighted by atomic mass is 19.4. The van der Waals surface area contributed by atoms with Crippen molar-refractivity contribution >= 4 is 11.9 Å². The average Bonchev–Trinajstić information content (AvgIpc) is 2.89. The van der Waals surface area contributed by atoms with Crippen LogP contribution in [-0.2, 0) is 17.4 Å². The zero-order valence-corrected chi connectivity index (χ0v) is 19.4. The first-order valence-electron chi connectivity index (χ1n) is 11.3. The van der Waals surface area contributed by atoms with E-state index in [4.69, 9.17) is 0 Å². The van der Waals surface area contributed by atoms with Crippen LogP contribution in [0.1, 0.15) is 21.5 Å². The number of hydrogen-bond donors (Lipinski definition) is 3. The van der Waals surface area contributed by atoms with Gasteiger partial charge in [-0.2, -0.15) is 13.2 Å². The molecule has 0 aromatic heterocycles. The molecule has 0 aliphatic rings. The third-order valence-electron chi connectivity index (χ3n) is 5.89. The summed E-state index contributed by atoms with van der Waals surface area (Å²) in [5.41, 5.74) is 2.45. The van der Waals surface area contributed by atoms with Crippen molar-refractivity contribution < 1.29 is 33.0 Å². The molecule has 1 unspecified atom stereocenters. The van der Waals surface area contributed by atoms with E-state index in [1.807, 2.05) is 42.5 Å². The van der Waals surface area contributed by atoms with Crippen LogP contribution < -0.4 is 5.32 Å². The van der Waals surface area contributed by atoms with Gasteiger partial charge in [-0.3, -0.25) is 4.79 Å². The Balaban J connectivity index is 1.50. The van der Waals surface area contributed by atoms with Crippen molar-refractivity contribution in [1.29, 1.82) is 0 Å².